The van der Waals surface area contributed by atoms with Crippen LogP contribution in [0.3, 0.4) is 0 Å². The number of benzene rings is 2. The van der Waals surface area contributed by atoms with Crippen molar-refractivity contribution >= 4 is 46.4 Å². The summed E-state index contributed by atoms with van der Waals surface area (Å²) in [7, 11) is 0. The van der Waals surface area contributed by atoms with Gasteiger partial charge in [-0.3, -0.25) is 0 Å². The summed E-state index contributed by atoms with van der Waals surface area (Å²) in [4.78, 5) is 19.9. The van der Waals surface area contributed by atoms with Crippen LogP contribution in [-0.4, -0.2) is 23.2 Å². The molecule has 45 heavy (non-hydrogen) atoms. The van der Waals surface area contributed by atoms with Crippen molar-refractivity contribution in [1.82, 2.24) is 19.9 Å². The van der Waals surface area contributed by atoms with Gasteiger partial charge < -0.3 is 19.4 Å². The SMILES string of the molecule is C#CCOc1ccc(-c2c3nc(cc4ccc([n-]4)c(-c4ccc(OCC#C)cc4)c4nc(cc5ccc2[n-]5)C=C4)C=C3)cc1.[Zn+2]. The molecule has 0 N–H and O–H groups in total. The van der Waals surface area contributed by atoms with Crippen molar-refractivity contribution in [3.63, 3.8) is 0 Å². The van der Waals surface area contributed by atoms with E-state index >= 15 is 0 Å². The van der Waals surface area contributed by atoms with Crippen LogP contribution < -0.4 is 19.4 Å². The maximum atomic E-state index is 5.58. The summed E-state index contributed by atoms with van der Waals surface area (Å²) >= 11 is 0. The molecular formula is C38H24N4O2Zn. The van der Waals surface area contributed by atoms with Crippen molar-refractivity contribution < 1.29 is 29.0 Å². The number of rotatable bonds is 6. The van der Waals surface area contributed by atoms with Gasteiger partial charge in [-0.1, -0.05) is 72.5 Å². The Hall–Kier alpha value is -5.62. The first-order chi connectivity index (χ1) is 21.7. The van der Waals surface area contributed by atoms with E-state index in [0.29, 0.717) is 11.5 Å². The Bertz CT molecular complexity index is 2030. The number of hydrogen-bond acceptors (Lipinski definition) is 4. The Morgan fingerprint density at radius 3 is 1.38 bits per heavy atom. The number of fused-ring (bicyclic) bond motifs is 8. The molecule has 7 heteroatoms. The Kier molecular flexibility index (Phi) is 8.47. The van der Waals surface area contributed by atoms with Gasteiger partial charge in [-0.15, -0.1) is 34.9 Å². The van der Waals surface area contributed by atoms with Crippen LogP contribution in [0, 0.1) is 24.7 Å². The number of terminal acetylenes is 2. The average Bonchev–Trinajstić information content (AvgIpc) is 3.87. The minimum atomic E-state index is 0. The summed E-state index contributed by atoms with van der Waals surface area (Å²) in [5, 5.41) is 0. The average molecular weight is 634 g/mol. The van der Waals surface area contributed by atoms with Crippen LogP contribution in [0.15, 0.2) is 84.9 Å². The van der Waals surface area contributed by atoms with E-state index in [2.05, 4.69) is 11.8 Å². The molecule has 2 aromatic carbocycles. The van der Waals surface area contributed by atoms with Crippen molar-refractivity contribution in [3.05, 3.63) is 108 Å². The van der Waals surface area contributed by atoms with E-state index in [4.69, 9.17) is 42.3 Å². The predicted octanol–water partition coefficient (Wildman–Crippen LogP) is 7.27. The maximum Gasteiger partial charge on any atom is 2.00 e. The van der Waals surface area contributed by atoms with Crippen LogP contribution in [0.2, 0.25) is 0 Å². The summed E-state index contributed by atoms with van der Waals surface area (Å²) in [5.41, 5.74) is 10.2. The molecule has 0 radical (unpaired) electrons. The molecule has 210 valence electrons. The number of hydrogen-bond donors (Lipinski definition) is 0. The standard InChI is InChI=1S/C38H24N4O2.Zn/c1-3-21-43-31-13-5-25(6-14-31)37-33-17-9-27(39-33)23-29-11-19-35(41-29)38(26-7-15-32(16-8-26)44-22-4-2)36-20-12-30(42-36)24-28-10-18-34(37)40-28;/h1-2,5-20,23-24H,21-22H2;/q-2;+2. The van der Waals surface area contributed by atoms with Gasteiger partial charge >= 0.3 is 19.5 Å². The van der Waals surface area contributed by atoms with Gasteiger partial charge in [-0.25, -0.2) is 9.97 Å². The third-order valence-electron chi connectivity index (χ3n) is 7.19. The van der Waals surface area contributed by atoms with Crippen molar-refractivity contribution in [2.75, 3.05) is 13.2 Å². The first-order valence-electron chi connectivity index (χ1n) is 14.0. The second-order valence-corrected chi connectivity index (χ2v) is 10.1. The molecule has 7 rings (SSSR count). The van der Waals surface area contributed by atoms with Gasteiger partial charge in [-0.2, -0.15) is 0 Å². The molecule has 6 nitrogen and oxygen atoms in total. The molecule has 5 aromatic rings. The summed E-state index contributed by atoms with van der Waals surface area (Å²) < 4.78 is 11.2. The zero-order chi connectivity index (χ0) is 29.9. The predicted molar refractivity (Wildman–Crippen MR) is 176 cm³/mol. The van der Waals surface area contributed by atoms with Crippen molar-refractivity contribution in [2.45, 2.75) is 0 Å². The van der Waals surface area contributed by atoms with E-state index in [9.17, 15) is 0 Å². The molecule has 8 bridgehead atoms. The fourth-order valence-corrected chi connectivity index (χ4v) is 5.23. The summed E-state index contributed by atoms with van der Waals surface area (Å²) in [6.07, 6.45) is 18.7. The van der Waals surface area contributed by atoms with E-state index < -0.39 is 0 Å². The molecule has 5 heterocycles. The number of ether oxygens (including phenoxy) is 2. The second kappa shape index (κ2) is 12.9. The molecule has 0 fully saturated rings. The third kappa shape index (κ3) is 6.22. The molecule has 0 saturated carbocycles. The third-order valence-corrected chi connectivity index (χ3v) is 7.19. The molecule has 0 atom stereocenters. The molecule has 2 aliphatic rings. The molecule has 0 unspecified atom stereocenters. The van der Waals surface area contributed by atoms with Gasteiger partial charge in [-0.05, 0) is 70.8 Å². The fourth-order valence-electron chi connectivity index (χ4n) is 5.23. The number of aromatic nitrogens is 4. The van der Waals surface area contributed by atoms with Crippen LogP contribution in [-0.2, 0) is 19.5 Å². The molecule has 0 aliphatic carbocycles. The zero-order valence-electron chi connectivity index (χ0n) is 24.3. The Balaban J connectivity index is 0.00000357. The van der Waals surface area contributed by atoms with Crippen molar-refractivity contribution in [1.29, 1.82) is 0 Å². The minimum absolute atomic E-state index is 0. The first kappa shape index (κ1) is 29.5. The van der Waals surface area contributed by atoms with Crippen LogP contribution in [0.4, 0.5) is 0 Å². The molecule has 3 aromatic heterocycles. The van der Waals surface area contributed by atoms with Gasteiger partial charge in [0.15, 0.2) is 0 Å². The Morgan fingerprint density at radius 1 is 0.556 bits per heavy atom. The summed E-state index contributed by atoms with van der Waals surface area (Å²) in [5.74, 6) is 6.40. The van der Waals surface area contributed by atoms with Gasteiger partial charge in [0.25, 0.3) is 0 Å². The van der Waals surface area contributed by atoms with Crippen molar-refractivity contribution in [2.24, 2.45) is 0 Å². The second-order valence-electron chi connectivity index (χ2n) is 10.1. The Labute approximate surface area is 273 Å². The van der Waals surface area contributed by atoms with E-state index in [1.165, 1.54) is 0 Å². The van der Waals surface area contributed by atoms with E-state index in [-0.39, 0.29) is 32.7 Å². The smallest absolute Gasteiger partial charge is 0.657 e. The van der Waals surface area contributed by atoms with Gasteiger partial charge in [0.05, 0.1) is 22.8 Å². The fraction of sp³-hybridized carbons (Fsp3) is 0.0526. The maximum absolute atomic E-state index is 5.58. The first-order valence-corrected chi connectivity index (χ1v) is 14.0. The van der Waals surface area contributed by atoms with Crippen LogP contribution >= 0.6 is 0 Å². The van der Waals surface area contributed by atoms with E-state index in [1.54, 1.807) is 0 Å². The van der Waals surface area contributed by atoms with E-state index in [1.807, 2.05) is 109 Å². The Morgan fingerprint density at radius 2 is 0.978 bits per heavy atom. The minimum Gasteiger partial charge on any atom is -0.657 e. The molecule has 2 aliphatic heterocycles. The summed E-state index contributed by atoms with van der Waals surface area (Å²) in [6, 6.07) is 27.6. The number of nitrogens with zero attached hydrogens (tertiary/aromatic N) is 4. The zero-order valence-corrected chi connectivity index (χ0v) is 27.2. The molecule has 0 saturated heterocycles. The molecular weight excluding hydrogens is 610 g/mol. The molecule has 0 spiro atoms. The molecule has 0 amide bonds. The largest absolute Gasteiger partial charge is 2.00 e. The van der Waals surface area contributed by atoms with Gasteiger partial charge in [0.1, 0.15) is 24.7 Å². The van der Waals surface area contributed by atoms with Gasteiger partial charge in [0.2, 0.25) is 0 Å². The quantitative estimate of drug-likeness (QED) is 0.142. The van der Waals surface area contributed by atoms with Crippen LogP contribution in [0.25, 0.3) is 68.6 Å². The monoisotopic (exact) mass is 632 g/mol. The summed E-state index contributed by atoms with van der Waals surface area (Å²) in [6.45, 7) is 0.428. The normalized spacial score (nSPS) is 11.3. The van der Waals surface area contributed by atoms with E-state index in [0.717, 1.165) is 67.1 Å². The van der Waals surface area contributed by atoms with Crippen LogP contribution in [0.5, 0.6) is 11.5 Å². The van der Waals surface area contributed by atoms with Crippen LogP contribution in [0.1, 0.15) is 22.8 Å². The van der Waals surface area contributed by atoms with Crippen molar-refractivity contribution in [3.8, 4) is 58.4 Å². The topological polar surface area (TPSA) is 72.4 Å². The van der Waals surface area contributed by atoms with Gasteiger partial charge in [0, 0.05) is 0 Å².